The molecule has 2 aromatic carbocycles. The van der Waals surface area contributed by atoms with Crippen LogP contribution in [0, 0.1) is 5.82 Å². The van der Waals surface area contributed by atoms with E-state index in [1.807, 2.05) is 0 Å². The molecule has 2 N–H and O–H groups in total. The molecule has 1 amide bonds. The number of nitrogens with one attached hydrogen (secondary N) is 2. The van der Waals surface area contributed by atoms with Crippen LogP contribution < -0.4 is 5.32 Å². The number of fused-ring (bicyclic) bond motifs is 1. The van der Waals surface area contributed by atoms with Crippen molar-refractivity contribution in [1.82, 2.24) is 25.5 Å². The van der Waals surface area contributed by atoms with Crippen LogP contribution in [0.5, 0.6) is 0 Å². The van der Waals surface area contributed by atoms with Gasteiger partial charge in [0.1, 0.15) is 10.8 Å². The number of amides is 1. The molecule has 0 aliphatic heterocycles. The summed E-state index contributed by atoms with van der Waals surface area (Å²) in [6, 6.07) is 13.7. The van der Waals surface area contributed by atoms with Crippen molar-refractivity contribution in [2.45, 2.75) is 16.5 Å². The van der Waals surface area contributed by atoms with Gasteiger partial charge in [0.05, 0.1) is 16.7 Å². The Bertz CT molecular complexity index is 1610. The Morgan fingerprint density at radius 2 is 1.91 bits per heavy atom. The van der Waals surface area contributed by atoms with Crippen LogP contribution in [0.4, 0.5) is 4.39 Å². The molecule has 0 spiro atoms. The number of sulfone groups is 1. The lowest BCUT2D eigenvalue weighted by atomic mass is 10.2. The van der Waals surface area contributed by atoms with Gasteiger partial charge in [0.2, 0.25) is 9.84 Å². The number of aromatic nitrogens is 4. The van der Waals surface area contributed by atoms with E-state index in [2.05, 4.69) is 25.5 Å². The molecule has 0 aliphatic carbocycles. The molecule has 0 aliphatic rings. The Balaban J connectivity index is 1.28. The predicted molar refractivity (Wildman–Crippen MR) is 124 cm³/mol. The molecule has 3 heterocycles. The first-order valence-electron chi connectivity index (χ1n) is 10.0. The normalized spacial score (nSPS) is 11.6. The standard InChI is InChI=1S/C23H16FN5O3S2/c24-18-3-1-2-15(9-18)23-28-20(13-33-23)34(31,32)19-6-4-14(5-7-19)10-26-22(30)17-8-16-12-27-29-21(16)25-11-17/h1-9,11-13H,10H2,(H,26,30)(H,25,27,29). The van der Waals surface area contributed by atoms with Gasteiger partial charge in [-0.1, -0.05) is 24.3 Å². The van der Waals surface area contributed by atoms with E-state index in [1.54, 1.807) is 36.5 Å². The number of aromatic amines is 1. The fraction of sp³-hybridized carbons (Fsp3) is 0.0435. The lowest BCUT2D eigenvalue weighted by Crippen LogP contribution is -2.22. The molecule has 8 nitrogen and oxygen atoms in total. The SMILES string of the molecule is O=C(NCc1ccc(S(=O)(=O)c2csc(-c3cccc(F)c3)n2)cc1)c1cnc2[nH]ncc2c1. The van der Waals surface area contributed by atoms with Crippen LogP contribution in [-0.4, -0.2) is 34.5 Å². The van der Waals surface area contributed by atoms with Crippen LogP contribution in [0.15, 0.2) is 82.3 Å². The van der Waals surface area contributed by atoms with E-state index in [-0.39, 0.29) is 22.4 Å². The van der Waals surface area contributed by atoms with Gasteiger partial charge in [-0.3, -0.25) is 9.89 Å². The Labute approximate surface area is 197 Å². The van der Waals surface area contributed by atoms with Crippen LogP contribution in [0.2, 0.25) is 0 Å². The molecule has 5 rings (SSSR count). The summed E-state index contributed by atoms with van der Waals surface area (Å²) in [6.45, 7) is 0.211. The molecule has 0 saturated heterocycles. The molecule has 0 bridgehead atoms. The van der Waals surface area contributed by atoms with E-state index < -0.39 is 15.7 Å². The quantitative estimate of drug-likeness (QED) is 0.369. The fourth-order valence-electron chi connectivity index (χ4n) is 3.29. The fourth-order valence-corrected chi connectivity index (χ4v) is 5.62. The van der Waals surface area contributed by atoms with Crippen LogP contribution in [0.1, 0.15) is 15.9 Å². The van der Waals surface area contributed by atoms with Crippen molar-refractivity contribution in [2.75, 3.05) is 0 Å². The molecular formula is C23H16FN5O3S2. The molecular weight excluding hydrogens is 477 g/mol. The zero-order valence-electron chi connectivity index (χ0n) is 17.4. The van der Waals surface area contributed by atoms with Crippen LogP contribution in [0.3, 0.4) is 0 Å². The Morgan fingerprint density at radius 3 is 2.71 bits per heavy atom. The van der Waals surface area contributed by atoms with Crippen molar-refractivity contribution in [3.8, 4) is 10.6 Å². The molecule has 0 saturated carbocycles. The second-order valence-corrected chi connectivity index (χ2v) is 10.1. The Kier molecular flexibility index (Phi) is 5.64. The summed E-state index contributed by atoms with van der Waals surface area (Å²) >= 11 is 1.13. The number of carbonyl (C=O) groups is 1. The van der Waals surface area contributed by atoms with Gasteiger partial charge >= 0.3 is 0 Å². The maximum Gasteiger partial charge on any atom is 0.253 e. The van der Waals surface area contributed by atoms with Gasteiger partial charge in [-0.15, -0.1) is 11.3 Å². The van der Waals surface area contributed by atoms with E-state index >= 15 is 0 Å². The second-order valence-electron chi connectivity index (χ2n) is 7.36. The number of H-pyrrole nitrogens is 1. The lowest BCUT2D eigenvalue weighted by Gasteiger charge is -2.07. The molecule has 5 aromatic rings. The first-order chi connectivity index (χ1) is 16.4. The zero-order valence-corrected chi connectivity index (χ0v) is 19.0. The number of pyridine rings is 1. The number of carbonyl (C=O) groups excluding carboxylic acids is 1. The lowest BCUT2D eigenvalue weighted by molar-refractivity contribution is 0.0950. The predicted octanol–water partition coefficient (Wildman–Crippen LogP) is 3.98. The molecule has 11 heteroatoms. The van der Waals surface area contributed by atoms with E-state index in [4.69, 9.17) is 0 Å². The molecule has 34 heavy (non-hydrogen) atoms. The summed E-state index contributed by atoms with van der Waals surface area (Å²) < 4.78 is 39.4. The van der Waals surface area contributed by atoms with Gasteiger partial charge in [-0.2, -0.15) is 5.10 Å². The third kappa shape index (κ3) is 4.30. The van der Waals surface area contributed by atoms with Gasteiger partial charge in [-0.05, 0) is 35.9 Å². The Hall–Kier alpha value is -3.96. The number of nitrogens with zero attached hydrogens (tertiary/aromatic N) is 3. The van der Waals surface area contributed by atoms with Gasteiger partial charge in [0.25, 0.3) is 5.91 Å². The zero-order chi connectivity index (χ0) is 23.7. The highest BCUT2D eigenvalue weighted by Gasteiger charge is 2.22. The van der Waals surface area contributed by atoms with E-state index in [0.717, 1.165) is 22.3 Å². The average molecular weight is 494 g/mol. The van der Waals surface area contributed by atoms with Crippen molar-refractivity contribution in [1.29, 1.82) is 0 Å². The van der Waals surface area contributed by atoms with Crippen molar-refractivity contribution >= 4 is 38.1 Å². The average Bonchev–Trinajstić information content (AvgIpc) is 3.52. The van der Waals surface area contributed by atoms with Crippen LogP contribution in [0.25, 0.3) is 21.6 Å². The molecule has 170 valence electrons. The number of thiazole rings is 1. The third-order valence-electron chi connectivity index (χ3n) is 5.07. The topological polar surface area (TPSA) is 118 Å². The van der Waals surface area contributed by atoms with Crippen molar-refractivity contribution in [3.05, 3.63) is 89.3 Å². The van der Waals surface area contributed by atoms with E-state index in [9.17, 15) is 17.6 Å². The minimum atomic E-state index is -3.84. The maximum absolute atomic E-state index is 13.5. The first kappa shape index (κ1) is 21.9. The smallest absolute Gasteiger partial charge is 0.253 e. The van der Waals surface area contributed by atoms with Gasteiger partial charge in [0, 0.05) is 29.1 Å². The summed E-state index contributed by atoms with van der Waals surface area (Å²) in [6.07, 6.45) is 3.04. The highest BCUT2D eigenvalue weighted by molar-refractivity contribution is 7.91. The van der Waals surface area contributed by atoms with Crippen molar-refractivity contribution in [2.24, 2.45) is 0 Å². The maximum atomic E-state index is 13.5. The minimum Gasteiger partial charge on any atom is -0.348 e. The monoisotopic (exact) mass is 493 g/mol. The summed E-state index contributed by atoms with van der Waals surface area (Å²) in [5, 5.41) is 11.9. The number of benzene rings is 2. The van der Waals surface area contributed by atoms with Crippen LogP contribution >= 0.6 is 11.3 Å². The first-order valence-corrected chi connectivity index (χ1v) is 12.4. The van der Waals surface area contributed by atoms with Gasteiger partial charge < -0.3 is 5.32 Å². The van der Waals surface area contributed by atoms with Gasteiger partial charge in [-0.25, -0.2) is 22.8 Å². The Morgan fingerprint density at radius 1 is 1.09 bits per heavy atom. The summed E-state index contributed by atoms with van der Waals surface area (Å²) in [4.78, 5) is 20.8. The molecule has 0 fully saturated rings. The second kappa shape index (κ2) is 8.76. The third-order valence-corrected chi connectivity index (χ3v) is 7.76. The summed E-state index contributed by atoms with van der Waals surface area (Å²) in [5.74, 6) is -0.724. The number of halogens is 1. The molecule has 0 atom stereocenters. The molecule has 0 radical (unpaired) electrons. The molecule has 3 aromatic heterocycles. The van der Waals surface area contributed by atoms with Gasteiger partial charge in [0.15, 0.2) is 10.7 Å². The van der Waals surface area contributed by atoms with Crippen molar-refractivity contribution in [3.63, 3.8) is 0 Å². The minimum absolute atomic E-state index is 0.0771. The highest BCUT2D eigenvalue weighted by atomic mass is 32.2. The highest BCUT2D eigenvalue weighted by Crippen LogP contribution is 2.29. The number of hydrogen-bond donors (Lipinski definition) is 2. The summed E-state index contributed by atoms with van der Waals surface area (Å²) in [7, 11) is -3.84. The van der Waals surface area contributed by atoms with Crippen LogP contribution in [-0.2, 0) is 16.4 Å². The number of hydrogen-bond acceptors (Lipinski definition) is 7. The molecule has 0 unspecified atom stereocenters. The summed E-state index contributed by atoms with van der Waals surface area (Å²) in [5.41, 5.74) is 2.23. The largest absolute Gasteiger partial charge is 0.348 e. The van der Waals surface area contributed by atoms with E-state index in [1.165, 1.54) is 35.8 Å². The van der Waals surface area contributed by atoms with E-state index in [0.29, 0.717) is 21.8 Å². The van der Waals surface area contributed by atoms with Crippen molar-refractivity contribution < 1.29 is 17.6 Å². The number of rotatable bonds is 6.